The van der Waals surface area contributed by atoms with Gasteiger partial charge >= 0.3 is 12.1 Å². The van der Waals surface area contributed by atoms with Gasteiger partial charge in [0.25, 0.3) is 0 Å². The maximum absolute atomic E-state index is 12.6. The van der Waals surface area contributed by atoms with Gasteiger partial charge in [-0.15, -0.1) is 0 Å². The highest BCUT2D eigenvalue weighted by Crippen LogP contribution is 2.44. The van der Waals surface area contributed by atoms with Gasteiger partial charge in [-0.1, -0.05) is 48.5 Å². The van der Waals surface area contributed by atoms with Gasteiger partial charge in [0.05, 0.1) is 0 Å². The lowest BCUT2D eigenvalue weighted by Crippen LogP contribution is -2.46. The minimum atomic E-state index is -0.802. The summed E-state index contributed by atoms with van der Waals surface area (Å²) in [5.41, 5.74) is 4.78. The van der Waals surface area contributed by atoms with Gasteiger partial charge in [-0.3, -0.25) is 9.59 Å². The molecule has 4 rings (SSSR count). The maximum atomic E-state index is 12.6. The quantitative estimate of drug-likeness (QED) is 0.453. The molecule has 1 saturated carbocycles. The van der Waals surface area contributed by atoms with Crippen LogP contribution in [0.5, 0.6) is 0 Å². The summed E-state index contributed by atoms with van der Waals surface area (Å²) in [5.74, 6) is -0.402. The van der Waals surface area contributed by atoms with Crippen LogP contribution in [0.4, 0.5) is 4.79 Å². The molecule has 186 valence electrons. The van der Waals surface area contributed by atoms with E-state index < -0.39 is 12.1 Å². The number of aliphatic carboxylic acids is 1. The second kappa shape index (κ2) is 11.4. The highest BCUT2D eigenvalue weighted by Gasteiger charge is 2.34. The van der Waals surface area contributed by atoms with Gasteiger partial charge in [-0.25, -0.2) is 4.79 Å². The van der Waals surface area contributed by atoms with Crippen molar-refractivity contribution in [1.82, 2.24) is 10.2 Å². The lowest BCUT2D eigenvalue weighted by atomic mass is 9.78. The molecule has 2 aliphatic rings. The first kappa shape index (κ1) is 24.8. The molecule has 7 nitrogen and oxygen atoms in total. The van der Waals surface area contributed by atoms with Crippen LogP contribution in [0.15, 0.2) is 48.5 Å². The molecule has 1 fully saturated rings. The Kier molecular flexibility index (Phi) is 8.06. The number of nitrogens with zero attached hydrogens (tertiary/aromatic N) is 1. The van der Waals surface area contributed by atoms with E-state index in [1.54, 1.807) is 4.90 Å². The number of alkyl carbamates (subject to hydrolysis) is 1. The largest absolute Gasteiger partial charge is 0.481 e. The average molecular weight is 479 g/mol. The first-order valence-electron chi connectivity index (χ1n) is 12.6. The van der Waals surface area contributed by atoms with Gasteiger partial charge in [0.2, 0.25) is 5.91 Å². The van der Waals surface area contributed by atoms with E-state index in [-0.39, 0.29) is 30.2 Å². The summed E-state index contributed by atoms with van der Waals surface area (Å²) >= 11 is 0. The Labute approximate surface area is 206 Å². The van der Waals surface area contributed by atoms with Crippen molar-refractivity contribution in [2.24, 2.45) is 5.92 Å². The number of carbonyl (C=O) groups excluding carboxylic acids is 2. The molecule has 2 amide bonds. The number of carboxylic acids is 1. The van der Waals surface area contributed by atoms with E-state index in [0.717, 1.165) is 12.8 Å². The zero-order valence-electron chi connectivity index (χ0n) is 20.2. The third kappa shape index (κ3) is 6.02. The normalized spacial score (nSPS) is 18.2. The molecule has 0 saturated heterocycles. The number of carbonyl (C=O) groups is 3. The minimum absolute atomic E-state index is 0.0362. The average Bonchev–Trinajstić information content (AvgIpc) is 3.15. The number of hydrogen-bond donors (Lipinski definition) is 2. The summed E-state index contributed by atoms with van der Waals surface area (Å²) in [7, 11) is 0. The van der Waals surface area contributed by atoms with Crippen LogP contribution < -0.4 is 5.32 Å². The van der Waals surface area contributed by atoms with Crippen LogP contribution in [0.3, 0.4) is 0 Å². The highest BCUT2D eigenvalue weighted by atomic mass is 16.5. The van der Waals surface area contributed by atoms with Crippen molar-refractivity contribution in [2.45, 2.75) is 57.4 Å². The molecular weight excluding hydrogens is 444 g/mol. The highest BCUT2D eigenvalue weighted by molar-refractivity contribution is 5.79. The standard InChI is InChI=1S/C28H34N2O5/c1-2-30(14-8-7-13-27(32)33)26(31)17-19-15-20(16-19)29-28(34)35-18-25-23-11-5-3-9-21(23)22-10-4-6-12-24(22)25/h3-6,9-12,19-20,25H,2,7-8,13-18H2,1H3,(H,29,34)(H,32,33). The molecule has 2 aromatic rings. The number of unbranched alkanes of at least 4 members (excludes halogenated alkanes) is 1. The number of benzene rings is 2. The third-order valence-corrected chi connectivity index (χ3v) is 7.17. The maximum Gasteiger partial charge on any atom is 0.407 e. The zero-order chi connectivity index (χ0) is 24.8. The third-order valence-electron chi connectivity index (χ3n) is 7.17. The summed E-state index contributed by atoms with van der Waals surface area (Å²) in [5, 5.41) is 11.7. The lowest BCUT2D eigenvalue weighted by molar-refractivity contribution is -0.137. The number of carboxylic acid groups (broad SMARTS) is 1. The van der Waals surface area contributed by atoms with E-state index in [4.69, 9.17) is 9.84 Å². The predicted molar refractivity (Wildman–Crippen MR) is 133 cm³/mol. The Hall–Kier alpha value is -3.35. The lowest BCUT2D eigenvalue weighted by Gasteiger charge is -2.36. The molecule has 0 aromatic heterocycles. The molecule has 7 heteroatoms. The topological polar surface area (TPSA) is 95.9 Å². The smallest absolute Gasteiger partial charge is 0.407 e. The Morgan fingerprint density at radius 3 is 2.23 bits per heavy atom. The van der Waals surface area contributed by atoms with Crippen molar-refractivity contribution >= 4 is 18.0 Å². The molecule has 0 bridgehead atoms. The van der Waals surface area contributed by atoms with Crippen molar-refractivity contribution in [1.29, 1.82) is 0 Å². The second-order valence-electron chi connectivity index (χ2n) is 9.53. The van der Waals surface area contributed by atoms with Crippen molar-refractivity contribution in [3.8, 4) is 11.1 Å². The second-order valence-corrected chi connectivity index (χ2v) is 9.53. The van der Waals surface area contributed by atoms with Crippen LogP contribution >= 0.6 is 0 Å². The fraction of sp³-hybridized carbons (Fsp3) is 0.464. The van der Waals surface area contributed by atoms with Crippen LogP contribution in [-0.4, -0.2) is 53.7 Å². The van der Waals surface area contributed by atoms with Gasteiger partial charge in [0.15, 0.2) is 0 Å². The molecule has 0 atom stereocenters. The van der Waals surface area contributed by atoms with E-state index in [9.17, 15) is 14.4 Å². The molecule has 0 unspecified atom stereocenters. The number of nitrogens with one attached hydrogen (secondary N) is 1. The Balaban J connectivity index is 1.18. The Morgan fingerprint density at radius 2 is 1.63 bits per heavy atom. The van der Waals surface area contributed by atoms with Crippen LogP contribution in [-0.2, 0) is 14.3 Å². The van der Waals surface area contributed by atoms with E-state index in [2.05, 4.69) is 29.6 Å². The summed E-state index contributed by atoms with van der Waals surface area (Å²) in [6.07, 6.45) is 3.01. The van der Waals surface area contributed by atoms with Gasteiger partial charge in [0, 0.05) is 37.9 Å². The summed E-state index contributed by atoms with van der Waals surface area (Å²) < 4.78 is 5.62. The van der Waals surface area contributed by atoms with Crippen molar-refractivity contribution in [3.63, 3.8) is 0 Å². The molecule has 35 heavy (non-hydrogen) atoms. The summed E-state index contributed by atoms with van der Waals surface area (Å²) in [6.45, 7) is 3.45. The monoisotopic (exact) mass is 478 g/mol. The van der Waals surface area contributed by atoms with Gasteiger partial charge < -0.3 is 20.1 Å². The first-order chi connectivity index (χ1) is 17.0. The van der Waals surface area contributed by atoms with E-state index in [1.165, 1.54) is 22.3 Å². The van der Waals surface area contributed by atoms with E-state index in [1.807, 2.05) is 31.2 Å². The van der Waals surface area contributed by atoms with Crippen molar-refractivity contribution in [2.75, 3.05) is 19.7 Å². The first-order valence-corrected chi connectivity index (χ1v) is 12.6. The van der Waals surface area contributed by atoms with Crippen molar-refractivity contribution < 1.29 is 24.2 Å². The molecule has 0 aliphatic heterocycles. The predicted octanol–water partition coefficient (Wildman–Crippen LogP) is 4.80. The van der Waals surface area contributed by atoms with Crippen molar-refractivity contribution in [3.05, 3.63) is 59.7 Å². The van der Waals surface area contributed by atoms with E-state index >= 15 is 0 Å². The minimum Gasteiger partial charge on any atom is -0.481 e. The summed E-state index contributed by atoms with van der Waals surface area (Å²) in [4.78, 5) is 37.5. The van der Waals surface area contributed by atoms with Crippen LogP contribution in [0.2, 0.25) is 0 Å². The number of hydrogen-bond acceptors (Lipinski definition) is 4. The number of ether oxygens (including phenoxy) is 1. The van der Waals surface area contributed by atoms with Crippen LogP contribution in [0, 0.1) is 5.92 Å². The molecule has 0 spiro atoms. The van der Waals surface area contributed by atoms with Crippen LogP contribution in [0.25, 0.3) is 11.1 Å². The summed E-state index contributed by atoms with van der Waals surface area (Å²) in [6, 6.07) is 16.5. The Morgan fingerprint density at radius 1 is 1.00 bits per heavy atom. The molecule has 0 radical (unpaired) electrons. The fourth-order valence-corrected chi connectivity index (χ4v) is 5.24. The van der Waals surface area contributed by atoms with Gasteiger partial charge in [0.1, 0.15) is 6.61 Å². The number of fused-ring (bicyclic) bond motifs is 3. The number of rotatable bonds is 11. The molecule has 2 N–H and O–H groups in total. The van der Waals surface area contributed by atoms with Gasteiger partial charge in [-0.05, 0) is 60.8 Å². The molecule has 2 aliphatic carbocycles. The fourth-order valence-electron chi connectivity index (χ4n) is 5.24. The zero-order valence-corrected chi connectivity index (χ0v) is 20.2. The van der Waals surface area contributed by atoms with Gasteiger partial charge in [-0.2, -0.15) is 0 Å². The Bertz CT molecular complexity index is 1020. The van der Waals surface area contributed by atoms with E-state index in [0.29, 0.717) is 39.0 Å². The molecule has 2 aromatic carbocycles. The van der Waals surface area contributed by atoms with Crippen LogP contribution in [0.1, 0.15) is 62.5 Å². The number of amides is 2. The molecule has 0 heterocycles. The SMILES string of the molecule is CCN(CCCCC(=O)O)C(=O)CC1CC(NC(=O)OCC2c3ccccc3-c3ccccc32)C1. The molecular formula is C28H34N2O5.